The van der Waals surface area contributed by atoms with Crippen LogP contribution in [-0.2, 0) is 9.59 Å². The number of carbonyl (C=O) groups is 2. The molecule has 1 aliphatic heterocycles. The zero-order valence-corrected chi connectivity index (χ0v) is 11.5. The average molecular weight is 276 g/mol. The number of amides is 2. The van der Waals surface area contributed by atoms with E-state index in [0.717, 1.165) is 32.1 Å². The van der Waals surface area contributed by atoms with Gasteiger partial charge in [-0.15, -0.1) is 0 Å². The Morgan fingerprint density at radius 3 is 2.30 bits per heavy atom. The lowest BCUT2D eigenvalue weighted by molar-refractivity contribution is -0.120. The van der Waals surface area contributed by atoms with Crippen molar-refractivity contribution in [1.82, 2.24) is 15.1 Å². The van der Waals surface area contributed by atoms with Crippen molar-refractivity contribution < 1.29 is 9.59 Å². The van der Waals surface area contributed by atoms with Gasteiger partial charge in [0.2, 0.25) is 6.41 Å². The van der Waals surface area contributed by atoms with Gasteiger partial charge in [0.25, 0.3) is 5.91 Å². The topological polar surface area (TPSA) is 76.4 Å². The van der Waals surface area contributed by atoms with Gasteiger partial charge in [-0.3, -0.25) is 9.59 Å². The molecule has 2 fully saturated rings. The fourth-order valence-electron chi connectivity index (χ4n) is 2.63. The number of hydrogen-bond acceptors (Lipinski definition) is 4. The molecule has 2 rings (SSSR count). The van der Waals surface area contributed by atoms with E-state index in [9.17, 15) is 9.59 Å². The summed E-state index contributed by atoms with van der Waals surface area (Å²) in [6.45, 7) is 2.56. The van der Waals surface area contributed by atoms with E-state index in [1.807, 2.05) is 11.0 Å². The zero-order valence-electron chi connectivity index (χ0n) is 11.5. The molecule has 2 amide bonds. The molecule has 1 aliphatic carbocycles. The molecule has 0 radical (unpaired) electrons. The third kappa shape index (κ3) is 3.73. The maximum Gasteiger partial charge on any atom is 0.263 e. The fraction of sp³-hybridized carbons (Fsp3) is 0.643. The highest BCUT2D eigenvalue weighted by molar-refractivity contribution is 5.97. The van der Waals surface area contributed by atoms with Crippen molar-refractivity contribution in [3.63, 3.8) is 0 Å². The SMILES string of the molecule is N#C/C(=C/N1CCN(C=O)CC1)C(=O)NC1CCCC1. The summed E-state index contributed by atoms with van der Waals surface area (Å²) in [5.41, 5.74) is 0.149. The van der Waals surface area contributed by atoms with Gasteiger partial charge in [-0.1, -0.05) is 12.8 Å². The van der Waals surface area contributed by atoms with Crippen molar-refractivity contribution in [3.05, 3.63) is 11.8 Å². The fourth-order valence-corrected chi connectivity index (χ4v) is 2.63. The van der Waals surface area contributed by atoms with Crippen molar-refractivity contribution in [2.45, 2.75) is 31.7 Å². The number of carbonyl (C=O) groups excluding carboxylic acids is 2. The van der Waals surface area contributed by atoms with Gasteiger partial charge >= 0.3 is 0 Å². The first kappa shape index (κ1) is 14.4. The molecule has 1 heterocycles. The van der Waals surface area contributed by atoms with Crippen molar-refractivity contribution in [3.8, 4) is 6.07 Å². The summed E-state index contributed by atoms with van der Waals surface area (Å²) in [6, 6.07) is 2.19. The average Bonchev–Trinajstić information content (AvgIpc) is 2.98. The van der Waals surface area contributed by atoms with E-state index in [-0.39, 0.29) is 17.5 Å². The van der Waals surface area contributed by atoms with Gasteiger partial charge in [0.15, 0.2) is 0 Å². The summed E-state index contributed by atoms with van der Waals surface area (Å²) in [6.07, 6.45) is 6.74. The van der Waals surface area contributed by atoms with Crippen molar-refractivity contribution in [2.75, 3.05) is 26.2 Å². The number of nitriles is 1. The summed E-state index contributed by atoms with van der Waals surface area (Å²) in [5.74, 6) is -0.280. The van der Waals surface area contributed by atoms with Crippen LogP contribution in [0.25, 0.3) is 0 Å². The molecular formula is C14H20N4O2. The number of hydrogen-bond donors (Lipinski definition) is 1. The number of piperazine rings is 1. The lowest BCUT2D eigenvalue weighted by atomic mass is 10.2. The molecule has 0 aromatic rings. The van der Waals surface area contributed by atoms with E-state index in [4.69, 9.17) is 5.26 Å². The second kappa shape index (κ2) is 6.94. The lowest BCUT2D eigenvalue weighted by Crippen LogP contribution is -2.43. The normalized spacial score (nSPS) is 20.6. The molecule has 20 heavy (non-hydrogen) atoms. The van der Waals surface area contributed by atoms with Gasteiger partial charge < -0.3 is 15.1 Å². The van der Waals surface area contributed by atoms with Gasteiger partial charge in [0, 0.05) is 38.4 Å². The molecule has 1 N–H and O–H groups in total. The minimum absolute atomic E-state index is 0.149. The minimum atomic E-state index is -0.280. The Balaban J connectivity index is 1.90. The zero-order chi connectivity index (χ0) is 14.4. The third-order valence-electron chi connectivity index (χ3n) is 3.87. The molecule has 108 valence electrons. The standard InChI is InChI=1S/C14H20N4O2/c15-9-12(14(20)16-13-3-1-2-4-13)10-17-5-7-18(11-19)8-6-17/h10-11,13H,1-8H2,(H,16,20)/b12-10-. The second-order valence-corrected chi connectivity index (χ2v) is 5.29. The largest absolute Gasteiger partial charge is 0.373 e. The van der Waals surface area contributed by atoms with Gasteiger partial charge in [0.05, 0.1) is 0 Å². The minimum Gasteiger partial charge on any atom is -0.373 e. The maximum atomic E-state index is 12.0. The van der Waals surface area contributed by atoms with E-state index in [1.54, 1.807) is 11.1 Å². The molecule has 6 heteroatoms. The van der Waals surface area contributed by atoms with Gasteiger partial charge in [-0.05, 0) is 12.8 Å². The third-order valence-corrected chi connectivity index (χ3v) is 3.87. The molecule has 6 nitrogen and oxygen atoms in total. The van der Waals surface area contributed by atoms with Crippen LogP contribution >= 0.6 is 0 Å². The number of nitrogens with one attached hydrogen (secondary N) is 1. The quantitative estimate of drug-likeness (QED) is 0.453. The van der Waals surface area contributed by atoms with Crippen molar-refractivity contribution in [1.29, 1.82) is 5.26 Å². The Hall–Kier alpha value is -2.03. The summed E-state index contributed by atoms with van der Waals surface area (Å²) >= 11 is 0. The molecule has 0 aromatic carbocycles. The van der Waals surface area contributed by atoms with Gasteiger partial charge in [-0.2, -0.15) is 5.26 Å². The molecule has 0 unspecified atom stereocenters. The van der Waals surface area contributed by atoms with Crippen LogP contribution < -0.4 is 5.32 Å². The van der Waals surface area contributed by atoms with Crippen LogP contribution in [0.3, 0.4) is 0 Å². The molecule has 0 bridgehead atoms. The summed E-state index contributed by atoms with van der Waals surface area (Å²) in [7, 11) is 0. The van der Waals surface area contributed by atoms with Crippen LogP contribution in [0.5, 0.6) is 0 Å². The number of rotatable bonds is 4. The Morgan fingerprint density at radius 2 is 1.75 bits per heavy atom. The summed E-state index contributed by atoms with van der Waals surface area (Å²) in [5, 5.41) is 12.0. The van der Waals surface area contributed by atoms with Crippen LogP contribution in [0, 0.1) is 11.3 Å². The summed E-state index contributed by atoms with van der Waals surface area (Å²) < 4.78 is 0. The predicted octanol–water partition coefficient (Wildman–Crippen LogP) is 0.227. The van der Waals surface area contributed by atoms with Crippen LogP contribution in [0.2, 0.25) is 0 Å². The molecule has 0 atom stereocenters. The highest BCUT2D eigenvalue weighted by atomic mass is 16.2. The first-order valence-corrected chi connectivity index (χ1v) is 7.09. The van der Waals surface area contributed by atoms with Crippen LogP contribution in [0.4, 0.5) is 0 Å². The first-order valence-electron chi connectivity index (χ1n) is 7.09. The van der Waals surface area contributed by atoms with Crippen molar-refractivity contribution >= 4 is 12.3 Å². The van der Waals surface area contributed by atoms with E-state index < -0.39 is 0 Å². The maximum absolute atomic E-state index is 12.0. The van der Waals surface area contributed by atoms with Crippen molar-refractivity contribution in [2.24, 2.45) is 0 Å². The van der Waals surface area contributed by atoms with E-state index in [2.05, 4.69) is 5.32 Å². The molecule has 0 spiro atoms. The lowest BCUT2D eigenvalue weighted by Gasteiger charge is -2.31. The molecule has 1 saturated carbocycles. The predicted molar refractivity (Wildman–Crippen MR) is 73.3 cm³/mol. The second-order valence-electron chi connectivity index (χ2n) is 5.29. The number of nitrogens with zero attached hydrogens (tertiary/aromatic N) is 3. The van der Waals surface area contributed by atoms with E-state index in [1.165, 1.54) is 0 Å². The molecule has 1 saturated heterocycles. The highest BCUT2D eigenvalue weighted by Gasteiger charge is 2.20. The van der Waals surface area contributed by atoms with Crippen LogP contribution in [0.1, 0.15) is 25.7 Å². The Morgan fingerprint density at radius 1 is 1.15 bits per heavy atom. The monoisotopic (exact) mass is 276 g/mol. The Labute approximate surface area is 119 Å². The Kier molecular flexibility index (Phi) is 4.99. The molecular weight excluding hydrogens is 256 g/mol. The smallest absolute Gasteiger partial charge is 0.263 e. The first-order chi connectivity index (χ1) is 9.72. The molecule has 0 aromatic heterocycles. The van der Waals surface area contributed by atoms with Gasteiger partial charge in [-0.25, -0.2) is 0 Å². The Bertz CT molecular complexity index is 427. The molecule has 2 aliphatic rings. The summed E-state index contributed by atoms with van der Waals surface area (Å²) in [4.78, 5) is 26.3. The van der Waals surface area contributed by atoms with Crippen LogP contribution in [0.15, 0.2) is 11.8 Å². The van der Waals surface area contributed by atoms with Gasteiger partial charge in [0.1, 0.15) is 11.6 Å². The highest BCUT2D eigenvalue weighted by Crippen LogP contribution is 2.18. The van der Waals surface area contributed by atoms with E-state index >= 15 is 0 Å². The van der Waals surface area contributed by atoms with Crippen LogP contribution in [-0.4, -0.2) is 54.3 Å². The van der Waals surface area contributed by atoms with E-state index in [0.29, 0.717) is 26.2 Å².